The van der Waals surface area contributed by atoms with Crippen molar-refractivity contribution in [2.24, 2.45) is 11.5 Å². The van der Waals surface area contributed by atoms with Gasteiger partial charge in [-0.3, -0.25) is 19.2 Å². The van der Waals surface area contributed by atoms with Crippen LogP contribution < -0.4 is 27.4 Å². The molecule has 13 nitrogen and oxygen atoms in total. The zero-order valence-corrected chi connectivity index (χ0v) is 20.1. The lowest BCUT2D eigenvalue weighted by atomic mass is 10.0. The number of carboxylic acid groups (broad SMARTS) is 2. The lowest BCUT2D eigenvalue weighted by Gasteiger charge is -2.25. The maximum Gasteiger partial charge on any atom is 0.328 e. The predicted molar refractivity (Wildman–Crippen MR) is 128 cm³/mol. The minimum atomic E-state index is -1.72. The van der Waals surface area contributed by atoms with Gasteiger partial charge in [0, 0.05) is 6.42 Å². The molecule has 1 rings (SSSR count). The Morgan fingerprint density at radius 1 is 0.889 bits per heavy atom. The van der Waals surface area contributed by atoms with E-state index in [1.165, 1.54) is 0 Å². The van der Waals surface area contributed by atoms with Crippen molar-refractivity contribution in [3.8, 4) is 0 Å². The van der Waals surface area contributed by atoms with Gasteiger partial charge in [-0.15, -0.1) is 0 Å². The van der Waals surface area contributed by atoms with Gasteiger partial charge in [-0.05, 0) is 31.9 Å². The van der Waals surface area contributed by atoms with E-state index in [1.54, 1.807) is 30.3 Å². The van der Waals surface area contributed by atoms with Gasteiger partial charge in [-0.25, -0.2) is 4.79 Å². The minimum Gasteiger partial charge on any atom is -0.481 e. The molecule has 5 atom stereocenters. The topological polar surface area (TPSA) is 234 Å². The highest BCUT2D eigenvalue weighted by Gasteiger charge is 2.33. The number of rotatable bonds is 16. The second kappa shape index (κ2) is 15.4. The summed E-state index contributed by atoms with van der Waals surface area (Å²) < 4.78 is 0. The number of hydrogen-bond donors (Lipinski definition) is 8. The van der Waals surface area contributed by atoms with Crippen LogP contribution in [0.15, 0.2) is 30.3 Å². The van der Waals surface area contributed by atoms with E-state index in [9.17, 15) is 39.3 Å². The molecule has 0 aliphatic heterocycles. The molecular formula is C23H35N5O8. The second-order valence-corrected chi connectivity index (χ2v) is 8.37. The number of aliphatic hydroxyl groups excluding tert-OH is 1. The Hall–Kier alpha value is -3.55. The molecule has 0 bridgehead atoms. The number of aliphatic hydroxyl groups is 1. The number of nitrogens with one attached hydrogen (secondary N) is 3. The monoisotopic (exact) mass is 509 g/mol. The van der Waals surface area contributed by atoms with Gasteiger partial charge in [0.2, 0.25) is 17.7 Å². The van der Waals surface area contributed by atoms with Crippen LogP contribution in [0.4, 0.5) is 0 Å². The summed E-state index contributed by atoms with van der Waals surface area (Å²) in [4.78, 5) is 60.9. The molecule has 1 aromatic rings. The van der Waals surface area contributed by atoms with Crippen LogP contribution in [-0.4, -0.2) is 81.8 Å². The largest absolute Gasteiger partial charge is 0.481 e. The zero-order valence-electron chi connectivity index (χ0n) is 20.1. The van der Waals surface area contributed by atoms with Crippen molar-refractivity contribution >= 4 is 29.7 Å². The first-order valence-electron chi connectivity index (χ1n) is 11.5. The fourth-order valence-corrected chi connectivity index (χ4v) is 3.28. The average Bonchev–Trinajstić information content (AvgIpc) is 2.81. The van der Waals surface area contributed by atoms with Crippen LogP contribution in [0.3, 0.4) is 0 Å². The van der Waals surface area contributed by atoms with Crippen LogP contribution in [0.5, 0.6) is 0 Å². The number of unbranched alkanes of at least 4 members (excludes halogenated alkanes) is 1. The van der Waals surface area contributed by atoms with E-state index < -0.39 is 66.4 Å². The Labute approximate surface area is 208 Å². The van der Waals surface area contributed by atoms with Crippen molar-refractivity contribution in [3.63, 3.8) is 0 Å². The third-order valence-electron chi connectivity index (χ3n) is 5.28. The lowest BCUT2D eigenvalue weighted by Crippen LogP contribution is -2.59. The van der Waals surface area contributed by atoms with Crippen molar-refractivity contribution in [2.45, 2.75) is 69.3 Å². The van der Waals surface area contributed by atoms with E-state index in [4.69, 9.17) is 11.5 Å². The van der Waals surface area contributed by atoms with Crippen LogP contribution >= 0.6 is 0 Å². The SMILES string of the molecule is CC(O)C(NC(=O)C(CC(=O)O)NC(=O)C(Cc1ccccc1)NC(=O)C(N)CCCCN)C(=O)O. The molecule has 13 heteroatoms. The summed E-state index contributed by atoms with van der Waals surface area (Å²) in [5.41, 5.74) is 12.0. The number of carboxylic acids is 2. The molecular weight excluding hydrogens is 474 g/mol. The quantitative estimate of drug-likeness (QED) is 0.115. The number of nitrogens with two attached hydrogens (primary N) is 2. The first kappa shape index (κ1) is 30.5. The van der Waals surface area contributed by atoms with Crippen LogP contribution in [0, 0.1) is 0 Å². The number of amides is 3. The van der Waals surface area contributed by atoms with Gasteiger partial charge in [0.15, 0.2) is 6.04 Å². The molecule has 0 saturated heterocycles. The number of aliphatic carboxylic acids is 2. The van der Waals surface area contributed by atoms with Crippen molar-refractivity contribution in [3.05, 3.63) is 35.9 Å². The summed E-state index contributed by atoms with van der Waals surface area (Å²) in [6, 6.07) is 3.13. The maximum atomic E-state index is 13.1. The molecule has 0 heterocycles. The zero-order chi connectivity index (χ0) is 27.3. The molecule has 0 spiro atoms. The summed E-state index contributed by atoms with van der Waals surface area (Å²) in [7, 11) is 0. The third kappa shape index (κ3) is 10.8. The van der Waals surface area contributed by atoms with E-state index in [0.717, 1.165) is 6.92 Å². The number of carbonyl (C=O) groups is 5. The van der Waals surface area contributed by atoms with E-state index >= 15 is 0 Å². The van der Waals surface area contributed by atoms with E-state index in [-0.39, 0.29) is 6.42 Å². The van der Waals surface area contributed by atoms with Crippen molar-refractivity contribution in [1.29, 1.82) is 0 Å². The van der Waals surface area contributed by atoms with Gasteiger partial charge in [-0.1, -0.05) is 36.8 Å². The van der Waals surface area contributed by atoms with Crippen LogP contribution in [0.2, 0.25) is 0 Å². The van der Waals surface area contributed by atoms with Gasteiger partial charge in [0.05, 0.1) is 18.6 Å². The predicted octanol–water partition coefficient (Wildman–Crippen LogP) is -1.92. The molecule has 0 aliphatic rings. The Morgan fingerprint density at radius 2 is 1.47 bits per heavy atom. The molecule has 3 amide bonds. The lowest BCUT2D eigenvalue weighted by molar-refractivity contribution is -0.146. The smallest absolute Gasteiger partial charge is 0.328 e. The van der Waals surface area contributed by atoms with Gasteiger partial charge < -0.3 is 42.7 Å². The molecule has 0 saturated carbocycles. The van der Waals surface area contributed by atoms with Crippen LogP contribution in [0.1, 0.15) is 38.2 Å². The molecule has 5 unspecified atom stereocenters. The van der Waals surface area contributed by atoms with Crippen molar-refractivity contribution in [1.82, 2.24) is 16.0 Å². The first-order valence-corrected chi connectivity index (χ1v) is 11.5. The third-order valence-corrected chi connectivity index (χ3v) is 5.28. The molecule has 200 valence electrons. The van der Waals surface area contributed by atoms with E-state index in [1.807, 2.05) is 5.32 Å². The summed E-state index contributed by atoms with van der Waals surface area (Å²) in [6.45, 7) is 1.57. The molecule has 0 aromatic heterocycles. The first-order chi connectivity index (χ1) is 17.0. The summed E-state index contributed by atoms with van der Waals surface area (Å²) in [5, 5.41) is 34.8. The average molecular weight is 510 g/mol. The summed E-state index contributed by atoms with van der Waals surface area (Å²) in [5.74, 6) is -5.59. The number of benzene rings is 1. The molecule has 0 radical (unpaired) electrons. The molecule has 10 N–H and O–H groups in total. The maximum absolute atomic E-state index is 13.1. The highest BCUT2D eigenvalue weighted by atomic mass is 16.4. The Balaban J connectivity index is 3.07. The molecule has 36 heavy (non-hydrogen) atoms. The van der Waals surface area contributed by atoms with Crippen molar-refractivity contribution < 1.29 is 39.3 Å². The van der Waals surface area contributed by atoms with Gasteiger partial charge >= 0.3 is 11.9 Å². The molecule has 0 fully saturated rings. The fraction of sp³-hybridized carbons (Fsp3) is 0.522. The van der Waals surface area contributed by atoms with Crippen LogP contribution in [-0.2, 0) is 30.4 Å². The normalized spacial score (nSPS) is 15.0. The highest BCUT2D eigenvalue weighted by molar-refractivity contribution is 5.95. The van der Waals surface area contributed by atoms with E-state index in [2.05, 4.69) is 10.6 Å². The highest BCUT2D eigenvalue weighted by Crippen LogP contribution is 2.07. The summed E-state index contributed by atoms with van der Waals surface area (Å²) in [6.07, 6.45) is -0.726. The Morgan fingerprint density at radius 3 is 2.00 bits per heavy atom. The Bertz CT molecular complexity index is 896. The van der Waals surface area contributed by atoms with E-state index in [0.29, 0.717) is 31.4 Å². The standard InChI is InChI=1S/C23H35N5O8/c1-13(29)19(23(35)36)28-22(34)17(12-18(30)31)27-21(33)16(11-14-7-3-2-4-8-14)26-20(32)15(25)9-5-6-10-24/h2-4,7-8,13,15-17,19,29H,5-6,9-12,24-25H2,1H3,(H,26,32)(H,27,33)(H,28,34)(H,30,31)(H,35,36). The number of hydrogen-bond acceptors (Lipinski definition) is 8. The number of carbonyl (C=O) groups excluding carboxylic acids is 3. The second-order valence-electron chi connectivity index (χ2n) is 8.37. The molecule has 0 aliphatic carbocycles. The Kier molecular flexibility index (Phi) is 13.1. The fourth-order valence-electron chi connectivity index (χ4n) is 3.28. The molecule has 1 aromatic carbocycles. The van der Waals surface area contributed by atoms with Gasteiger partial charge in [0.25, 0.3) is 0 Å². The van der Waals surface area contributed by atoms with Gasteiger partial charge in [0.1, 0.15) is 12.1 Å². The van der Waals surface area contributed by atoms with Crippen LogP contribution in [0.25, 0.3) is 0 Å². The summed E-state index contributed by atoms with van der Waals surface area (Å²) >= 11 is 0. The van der Waals surface area contributed by atoms with Gasteiger partial charge in [-0.2, -0.15) is 0 Å². The van der Waals surface area contributed by atoms with Crippen molar-refractivity contribution in [2.75, 3.05) is 6.54 Å². The minimum absolute atomic E-state index is 0.0147.